The van der Waals surface area contributed by atoms with Gasteiger partial charge in [-0.2, -0.15) is 5.26 Å². The molecule has 0 amide bonds. The minimum Gasteiger partial charge on any atom is -0.511 e. The molecule has 0 heterocycles. The third-order valence-corrected chi connectivity index (χ3v) is 5.35. The molecule has 1 N–H and O–H groups in total. The molecule has 3 rings (SSSR count). The van der Waals surface area contributed by atoms with E-state index in [1.807, 2.05) is 6.07 Å². The summed E-state index contributed by atoms with van der Waals surface area (Å²) in [6, 6.07) is 8.64. The maximum Gasteiger partial charge on any atom is 0.337 e. The highest BCUT2D eigenvalue weighted by Gasteiger charge is 2.69. The summed E-state index contributed by atoms with van der Waals surface area (Å²) in [5.74, 6) is -6.92. The van der Waals surface area contributed by atoms with Crippen LogP contribution in [0, 0.1) is 22.7 Å². The Morgan fingerprint density at radius 1 is 1.07 bits per heavy atom. The van der Waals surface area contributed by atoms with Crippen molar-refractivity contribution in [2.45, 2.75) is 11.8 Å². The number of ether oxygens (including phenoxy) is 3. The average Bonchev–Trinajstić information content (AvgIpc) is 2.92. The molecule has 1 aromatic rings. The molecular formula is C19H17NO7. The number of carbonyl (C=O) groups excluding carboxylic acids is 3. The van der Waals surface area contributed by atoms with E-state index in [0.29, 0.717) is 11.1 Å². The minimum atomic E-state index is -1.92. The van der Waals surface area contributed by atoms with E-state index in [-0.39, 0.29) is 5.57 Å². The lowest BCUT2D eigenvalue weighted by Gasteiger charge is -2.39. The lowest BCUT2D eigenvalue weighted by Crippen LogP contribution is -2.48. The van der Waals surface area contributed by atoms with Crippen LogP contribution in [-0.4, -0.2) is 44.3 Å². The second kappa shape index (κ2) is 6.43. The first-order chi connectivity index (χ1) is 12.9. The molecule has 0 radical (unpaired) electrons. The number of aliphatic hydroxyl groups excluding tert-OH is 1. The number of esters is 3. The van der Waals surface area contributed by atoms with Gasteiger partial charge in [-0.05, 0) is 11.1 Å². The number of nitrogens with zero attached hydrogens (tertiary/aromatic N) is 1. The Kier molecular flexibility index (Phi) is 4.39. The molecule has 2 aliphatic carbocycles. The predicted octanol–water partition coefficient (Wildman–Crippen LogP) is 1.34. The maximum absolute atomic E-state index is 12.8. The van der Waals surface area contributed by atoms with Gasteiger partial charge in [0.05, 0.1) is 33.0 Å². The van der Waals surface area contributed by atoms with Crippen LogP contribution in [0.3, 0.4) is 0 Å². The van der Waals surface area contributed by atoms with Gasteiger partial charge in [0.1, 0.15) is 11.7 Å². The second-order valence-electron chi connectivity index (χ2n) is 6.30. The molecule has 1 aromatic carbocycles. The van der Waals surface area contributed by atoms with E-state index < -0.39 is 46.8 Å². The fraction of sp³-hybridized carbons (Fsp3) is 0.368. The van der Waals surface area contributed by atoms with Crippen molar-refractivity contribution in [3.63, 3.8) is 0 Å². The highest BCUT2D eigenvalue weighted by atomic mass is 16.5. The van der Waals surface area contributed by atoms with Crippen LogP contribution in [0.1, 0.15) is 23.0 Å². The van der Waals surface area contributed by atoms with E-state index in [4.69, 9.17) is 14.2 Å². The van der Waals surface area contributed by atoms with E-state index in [1.54, 1.807) is 24.3 Å². The van der Waals surface area contributed by atoms with E-state index in [9.17, 15) is 24.8 Å². The van der Waals surface area contributed by atoms with E-state index >= 15 is 0 Å². The molecule has 8 nitrogen and oxygen atoms in total. The zero-order valence-electron chi connectivity index (χ0n) is 14.9. The van der Waals surface area contributed by atoms with Crippen molar-refractivity contribution in [3.05, 3.63) is 46.7 Å². The van der Waals surface area contributed by atoms with E-state index in [2.05, 4.69) is 0 Å². The Hall–Kier alpha value is -3.34. The topological polar surface area (TPSA) is 123 Å². The summed E-state index contributed by atoms with van der Waals surface area (Å²) in [6.45, 7) is 0. The lowest BCUT2D eigenvalue weighted by molar-refractivity contribution is -0.156. The molecule has 4 atom stereocenters. The van der Waals surface area contributed by atoms with Crippen molar-refractivity contribution in [2.75, 3.05) is 21.3 Å². The normalized spacial score (nSPS) is 28.0. The number of aliphatic hydroxyl groups is 1. The molecule has 27 heavy (non-hydrogen) atoms. The monoisotopic (exact) mass is 371 g/mol. The number of carbonyl (C=O) groups is 3. The highest BCUT2D eigenvalue weighted by Crippen LogP contribution is 2.65. The SMILES string of the molecule is COC(=O)C1=C(O)[C@@H](C(=O)OC)[C@H]2c3ccccc3[C@H]1[C@@]2(C#N)C(=O)OC. The van der Waals surface area contributed by atoms with E-state index in [0.717, 1.165) is 21.3 Å². The summed E-state index contributed by atoms with van der Waals surface area (Å²) >= 11 is 0. The summed E-state index contributed by atoms with van der Waals surface area (Å²) in [6.07, 6.45) is 0. The van der Waals surface area contributed by atoms with Crippen molar-refractivity contribution < 1.29 is 33.7 Å². The van der Waals surface area contributed by atoms with Crippen LogP contribution in [0.2, 0.25) is 0 Å². The smallest absolute Gasteiger partial charge is 0.337 e. The van der Waals surface area contributed by atoms with Gasteiger partial charge in [0, 0.05) is 11.8 Å². The molecule has 8 heteroatoms. The Morgan fingerprint density at radius 3 is 2.22 bits per heavy atom. The number of rotatable bonds is 3. The third-order valence-electron chi connectivity index (χ3n) is 5.35. The first-order valence-electron chi connectivity index (χ1n) is 8.08. The first kappa shape index (κ1) is 18.5. The van der Waals surface area contributed by atoms with Crippen molar-refractivity contribution in [1.82, 2.24) is 0 Å². The van der Waals surface area contributed by atoms with Gasteiger partial charge in [-0.15, -0.1) is 0 Å². The summed E-state index contributed by atoms with van der Waals surface area (Å²) < 4.78 is 14.4. The largest absolute Gasteiger partial charge is 0.511 e. The summed E-state index contributed by atoms with van der Waals surface area (Å²) in [5, 5.41) is 20.9. The predicted molar refractivity (Wildman–Crippen MR) is 89.2 cm³/mol. The zero-order valence-corrected chi connectivity index (χ0v) is 14.9. The number of benzene rings is 1. The molecule has 0 aliphatic heterocycles. The molecular weight excluding hydrogens is 354 g/mol. The lowest BCUT2D eigenvalue weighted by atomic mass is 9.60. The van der Waals surface area contributed by atoms with Gasteiger partial charge < -0.3 is 19.3 Å². The summed E-state index contributed by atoms with van der Waals surface area (Å²) in [5.41, 5.74) is -1.27. The fourth-order valence-corrected chi connectivity index (χ4v) is 4.33. The quantitative estimate of drug-likeness (QED) is 0.624. The Bertz CT molecular complexity index is 913. The molecule has 0 saturated heterocycles. The molecule has 0 aromatic heterocycles. The van der Waals surface area contributed by atoms with Crippen LogP contribution in [0.15, 0.2) is 35.6 Å². The number of methoxy groups -OCH3 is 3. The van der Waals surface area contributed by atoms with Crippen LogP contribution in [0.5, 0.6) is 0 Å². The van der Waals surface area contributed by atoms with Crippen molar-refractivity contribution in [3.8, 4) is 6.07 Å². The third kappa shape index (κ3) is 2.18. The van der Waals surface area contributed by atoms with Gasteiger partial charge in [-0.1, -0.05) is 24.3 Å². The minimum absolute atomic E-state index is 0.318. The van der Waals surface area contributed by atoms with Crippen LogP contribution >= 0.6 is 0 Å². The molecule has 0 saturated carbocycles. The maximum atomic E-state index is 12.8. The number of fused-ring (bicyclic) bond motifs is 5. The van der Waals surface area contributed by atoms with Gasteiger partial charge >= 0.3 is 17.9 Å². The number of hydrogen-bond acceptors (Lipinski definition) is 8. The van der Waals surface area contributed by atoms with Crippen LogP contribution in [0.25, 0.3) is 0 Å². The highest BCUT2D eigenvalue weighted by molar-refractivity contribution is 5.99. The molecule has 140 valence electrons. The fourth-order valence-electron chi connectivity index (χ4n) is 4.33. The van der Waals surface area contributed by atoms with Gasteiger partial charge in [0.2, 0.25) is 0 Å². The molecule has 0 spiro atoms. The van der Waals surface area contributed by atoms with Gasteiger partial charge in [0.25, 0.3) is 0 Å². The van der Waals surface area contributed by atoms with Crippen molar-refractivity contribution in [2.24, 2.45) is 11.3 Å². The summed E-state index contributed by atoms with van der Waals surface area (Å²) in [4.78, 5) is 37.8. The Morgan fingerprint density at radius 2 is 1.70 bits per heavy atom. The Balaban J connectivity index is 2.46. The summed E-state index contributed by atoms with van der Waals surface area (Å²) in [7, 11) is 3.34. The standard InChI is InChI=1S/C19H17NO7/c1-25-16(22)11-13-9-6-4-5-7-10(9)14(12(15(11)21)17(23)26-2)19(13,8-20)18(24)27-3/h4-7,11,13-14,21H,1-3H3/t11-,13+,14+,19-/m0/s1. The van der Waals surface area contributed by atoms with Gasteiger partial charge in [0.15, 0.2) is 5.41 Å². The van der Waals surface area contributed by atoms with Crippen molar-refractivity contribution in [1.29, 1.82) is 5.26 Å². The van der Waals surface area contributed by atoms with Crippen LogP contribution < -0.4 is 0 Å². The molecule has 0 fully saturated rings. The number of nitriles is 1. The zero-order chi connectivity index (χ0) is 19.9. The van der Waals surface area contributed by atoms with Crippen molar-refractivity contribution >= 4 is 17.9 Å². The average molecular weight is 371 g/mol. The van der Waals surface area contributed by atoms with Gasteiger partial charge in [-0.3, -0.25) is 9.59 Å². The second-order valence-corrected chi connectivity index (χ2v) is 6.30. The van der Waals surface area contributed by atoms with Gasteiger partial charge in [-0.25, -0.2) is 4.79 Å². The number of hydrogen-bond donors (Lipinski definition) is 1. The first-order valence-corrected chi connectivity index (χ1v) is 8.08. The van der Waals surface area contributed by atoms with Crippen LogP contribution in [-0.2, 0) is 28.6 Å². The molecule has 2 aliphatic rings. The molecule has 2 bridgehead atoms. The van der Waals surface area contributed by atoms with E-state index in [1.165, 1.54) is 0 Å². The molecule has 0 unspecified atom stereocenters. The van der Waals surface area contributed by atoms with Crippen LogP contribution in [0.4, 0.5) is 0 Å². The Labute approximate surface area is 154 Å².